The van der Waals surface area contributed by atoms with Crippen LogP contribution in [0.1, 0.15) is 47.2 Å². The van der Waals surface area contributed by atoms with Crippen LogP contribution in [0.2, 0.25) is 0 Å². The fourth-order valence-corrected chi connectivity index (χ4v) is 11.5. The van der Waals surface area contributed by atoms with Crippen molar-refractivity contribution in [3.8, 4) is 11.8 Å². The van der Waals surface area contributed by atoms with Crippen LogP contribution in [0.25, 0.3) is 0 Å². The van der Waals surface area contributed by atoms with Gasteiger partial charge < -0.3 is 59.5 Å². The summed E-state index contributed by atoms with van der Waals surface area (Å²) in [7, 11) is -20.7. The number of nitrogens with one attached hydrogen (secondary N) is 6. The number of aryl methyl sites for hydroxylation is 2. The Balaban J connectivity index is 0. The fourth-order valence-electron chi connectivity index (χ4n) is 8.04. The normalized spacial score (nSPS) is 11.1. The Bertz CT molecular complexity index is 5030. The molecule has 0 atom stereocenters. The number of benzene rings is 4. The number of azo groups is 2. The van der Waals surface area contributed by atoms with Crippen LogP contribution in [0, 0.1) is 27.7 Å². The average molecular weight is 1620 g/mol. The summed E-state index contributed by atoms with van der Waals surface area (Å²) in [6.45, 7) is 8.62. The predicted molar refractivity (Wildman–Crippen MR) is 339 cm³/mol. The van der Waals surface area contributed by atoms with E-state index in [-0.39, 0.29) is 253 Å². The molecule has 0 aliphatic carbocycles. The van der Waals surface area contributed by atoms with Crippen LogP contribution in [0.3, 0.4) is 0 Å². The summed E-state index contributed by atoms with van der Waals surface area (Å²) in [5.74, 6) is -2.91. The zero-order valence-electron chi connectivity index (χ0n) is 57.7. The Morgan fingerprint density at radius 2 is 0.904 bits per heavy atom. The number of H-pyrrole nitrogens is 2. The number of aromatic amines is 2. The quantitative estimate of drug-likeness (QED) is 0.00780. The molecular formula is C52H54N16Na6O24S6. The molecule has 4 heterocycles. The average Bonchev–Trinajstić information content (AvgIpc) is 0.783. The molecule has 104 heavy (non-hydrogen) atoms. The smallest absolute Gasteiger partial charge is 0.748 e. The summed E-state index contributed by atoms with van der Waals surface area (Å²) in [6.07, 6.45) is 0. The first-order valence-corrected chi connectivity index (χ1v) is 35.1. The van der Waals surface area contributed by atoms with Gasteiger partial charge in [-0.1, -0.05) is 18.2 Å². The van der Waals surface area contributed by atoms with Gasteiger partial charge in [0, 0.05) is 54.6 Å². The van der Waals surface area contributed by atoms with Crippen LogP contribution in [0.5, 0.6) is 11.8 Å². The Morgan fingerprint density at radius 3 is 1.24 bits per heavy atom. The molecule has 4 aromatic carbocycles. The van der Waals surface area contributed by atoms with Gasteiger partial charge >= 0.3 is 189 Å². The number of hydrogen-bond donors (Lipinski definition) is 8. The third kappa shape index (κ3) is 31.3. The van der Waals surface area contributed by atoms with Crippen LogP contribution in [-0.2, 0) is 84.6 Å². The molecule has 0 aliphatic rings. The first-order valence-electron chi connectivity index (χ1n) is 27.0. The number of aromatic hydroxyl groups is 2. The van der Waals surface area contributed by atoms with Crippen molar-refractivity contribution in [3.05, 3.63) is 160 Å². The Hall–Kier alpha value is -3.82. The molecule has 8 rings (SSSR count). The summed E-state index contributed by atoms with van der Waals surface area (Å²) < 4.78 is 174. The summed E-state index contributed by atoms with van der Waals surface area (Å²) in [6, 6.07) is 19.5. The van der Waals surface area contributed by atoms with Crippen molar-refractivity contribution in [2.45, 2.75) is 85.7 Å². The van der Waals surface area contributed by atoms with Crippen LogP contribution < -0.4 is 226 Å². The molecule has 40 nitrogen and oxygen atoms in total. The summed E-state index contributed by atoms with van der Waals surface area (Å²) in [5.41, 5.74) is -3.00. The van der Waals surface area contributed by atoms with E-state index in [2.05, 4.69) is 81.0 Å². The molecule has 0 unspecified atom stereocenters. The topological polar surface area (TPSA) is 627 Å². The van der Waals surface area contributed by atoms with Gasteiger partial charge in [0.2, 0.25) is 23.8 Å². The molecular weight excluding hydrogens is 1560 g/mol. The Labute approximate surface area is 730 Å². The van der Waals surface area contributed by atoms with Gasteiger partial charge in [0.15, 0.2) is 23.1 Å². The van der Waals surface area contributed by atoms with Crippen molar-refractivity contribution in [3.63, 3.8) is 0 Å². The van der Waals surface area contributed by atoms with Gasteiger partial charge in [-0.05, 0) is 131 Å². The minimum absolute atomic E-state index is 0. The van der Waals surface area contributed by atoms with Gasteiger partial charge in [0.1, 0.15) is 41.7 Å². The maximum Gasteiger partial charge on any atom is 1.00 e. The van der Waals surface area contributed by atoms with E-state index in [1.54, 1.807) is 52.2 Å². The SMILES string of the molecule is CCn1c(O)c(CS(=O)(=O)[O-])c(C)c(N=Nc2cc(C)ccc2S(=O)(=O)[O-])c1=O.CCn1c(O)c(CS(=O)(=O)[O-])c(C)c(N=Nc2cc(C)ccc2S(=O)(=O)[O-])c1=O.CNc1nc(Nc2ccc(SOO[O-])cc2)[nH]c(=O)n1.CNc1nc(Nc2cccc(S(=O)(=O)[O-])c2)[nH]c(=O)n1.[Na+].[Na+].[Na+].[Na+].[Na+].[Na+]. The van der Waals surface area contributed by atoms with Gasteiger partial charge in [-0.3, -0.25) is 33.7 Å². The van der Waals surface area contributed by atoms with Crippen molar-refractivity contribution in [2.24, 2.45) is 20.5 Å². The monoisotopic (exact) mass is 1620 g/mol. The van der Waals surface area contributed by atoms with E-state index in [1.807, 2.05) is 0 Å². The van der Waals surface area contributed by atoms with Crippen molar-refractivity contribution < 1.29 is 267 Å². The second kappa shape index (κ2) is 45.4. The molecule has 528 valence electrons. The van der Waals surface area contributed by atoms with Crippen molar-refractivity contribution in [1.82, 2.24) is 39.0 Å². The first kappa shape index (κ1) is 102. The summed E-state index contributed by atoms with van der Waals surface area (Å²) >= 11 is 0.788. The van der Waals surface area contributed by atoms with Gasteiger partial charge in [-0.25, -0.2) is 51.7 Å². The van der Waals surface area contributed by atoms with E-state index in [9.17, 15) is 99.5 Å². The standard InChI is InChI=1S/2C16H19N3O8S2.2C10H11N5O4S.6Na/c2*1-4-19-15(20)11(8-28(22,23)24)10(3)14(16(19)21)18-17-12-7-9(2)5-6-13(12)29(25,26)27;1-11-8-13-9(15-10(16)14-8)12-6-2-4-7(5-3-6)20-19-18-17;1-11-8-13-9(15-10(16)14-8)12-6-3-2-4-7(5-6)20(17,18)19;;;;;;/h2*5-7,20H,4,8H2,1-3H3,(H,22,23,24)(H,25,26,27);2-5,17H,1H3,(H3,11,12,13,14,15,16);2-5H,1H3,(H,17,18,19)(H3,11,12,13,14,15,16);;;;;;/q;;;;6*+1/p-6. The van der Waals surface area contributed by atoms with E-state index in [1.165, 1.54) is 70.2 Å². The van der Waals surface area contributed by atoms with E-state index >= 15 is 0 Å². The molecule has 0 amide bonds. The van der Waals surface area contributed by atoms with Gasteiger partial charge in [0.05, 0.1) is 58.5 Å². The maximum atomic E-state index is 12.6. The minimum Gasteiger partial charge on any atom is -0.748 e. The molecule has 52 heteroatoms. The number of anilines is 6. The van der Waals surface area contributed by atoms with Crippen molar-refractivity contribution in [1.29, 1.82) is 0 Å². The van der Waals surface area contributed by atoms with Crippen molar-refractivity contribution in [2.75, 3.05) is 35.4 Å². The molecule has 0 bridgehead atoms. The van der Waals surface area contributed by atoms with E-state index in [4.69, 9.17) is 0 Å². The Kier molecular flexibility index (Phi) is 44.6. The second-order valence-electron chi connectivity index (χ2n) is 19.4. The molecule has 8 aromatic rings. The van der Waals surface area contributed by atoms with Gasteiger partial charge in [0.25, 0.3) is 11.1 Å². The first-order chi connectivity index (χ1) is 45.6. The molecule has 0 spiro atoms. The molecule has 0 radical (unpaired) electrons. The fraction of sp³-hybridized carbons (Fsp3) is 0.231. The molecule has 4 aromatic heterocycles. The predicted octanol–water partition coefficient (Wildman–Crippen LogP) is -14.8. The van der Waals surface area contributed by atoms with E-state index in [0.717, 1.165) is 39.4 Å². The van der Waals surface area contributed by atoms with Crippen LogP contribution in [0.15, 0.2) is 144 Å². The largest absolute Gasteiger partial charge is 1.00 e. The second-order valence-corrected chi connectivity index (χ2v) is 27.1. The molecule has 0 fully saturated rings. The number of pyridine rings is 2. The molecule has 0 saturated carbocycles. The minimum atomic E-state index is -4.87. The zero-order valence-corrected chi connectivity index (χ0v) is 74.6. The number of aromatic nitrogens is 8. The van der Waals surface area contributed by atoms with E-state index in [0.29, 0.717) is 27.4 Å². The summed E-state index contributed by atoms with van der Waals surface area (Å²) in [5, 5.41) is 59.0. The third-order valence-corrected chi connectivity index (χ3v) is 17.0. The Morgan fingerprint density at radius 1 is 0.519 bits per heavy atom. The van der Waals surface area contributed by atoms with Gasteiger partial charge in [-0.2, -0.15) is 24.3 Å². The number of nitrogens with zero attached hydrogens (tertiary/aromatic N) is 10. The van der Waals surface area contributed by atoms with E-state index < -0.39 is 118 Å². The van der Waals surface area contributed by atoms with Gasteiger partial charge in [-0.15, -0.1) is 20.5 Å². The third-order valence-electron chi connectivity index (χ3n) is 12.5. The number of rotatable bonds is 22. The maximum absolute atomic E-state index is 12.6. The zero-order chi connectivity index (χ0) is 73.4. The summed E-state index contributed by atoms with van der Waals surface area (Å²) in [4.78, 5) is 66.6. The number of hydrogen-bond acceptors (Lipinski definition) is 37. The van der Waals surface area contributed by atoms with Crippen LogP contribution in [-0.4, -0.2) is 128 Å². The van der Waals surface area contributed by atoms with Crippen LogP contribution >= 0.6 is 12.0 Å². The van der Waals surface area contributed by atoms with Crippen molar-refractivity contribution >= 4 is 121 Å². The van der Waals surface area contributed by atoms with Crippen LogP contribution in [0.4, 0.5) is 57.9 Å². The molecule has 8 N–H and O–H groups in total. The molecule has 0 saturated heterocycles. The molecule has 0 aliphatic heterocycles.